The Balaban J connectivity index is 2.00. The van der Waals surface area contributed by atoms with Crippen LogP contribution < -0.4 is 11.1 Å². The molecule has 7 heteroatoms. The van der Waals surface area contributed by atoms with E-state index in [9.17, 15) is 4.79 Å². The third-order valence-corrected chi connectivity index (χ3v) is 2.44. The Morgan fingerprint density at radius 3 is 2.71 bits per heavy atom. The molecule has 0 aromatic carbocycles. The average molecular weight is 234 g/mol. The maximum Gasteiger partial charge on any atom is 0.256 e. The minimum atomic E-state index is -0.237. The lowest BCUT2D eigenvalue weighted by atomic mass is 10.3. The van der Waals surface area contributed by atoms with Crippen LogP contribution in [0.5, 0.6) is 0 Å². The van der Waals surface area contributed by atoms with Crippen LogP contribution in [-0.4, -0.2) is 25.5 Å². The van der Waals surface area contributed by atoms with Crippen LogP contribution >= 0.6 is 0 Å². The Kier molecular flexibility index (Phi) is 2.82. The van der Waals surface area contributed by atoms with Gasteiger partial charge in [-0.1, -0.05) is 0 Å². The molecule has 0 fully saturated rings. The van der Waals surface area contributed by atoms with Crippen LogP contribution in [0.3, 0.4) is 0 Å². The number of anilines is 1. The molecule has 7 nitrogen and oxygen atoms in total. The quantitative estimate of drug-likeness (QED) is 0.760. The first kappa shape index (κ1) is 11.2. The molecule has 2 aromatic rings. The van der Waals surface area contributed by atoms with Gasteiger partial charge in [0.2, 0.25) is 0 Å². The molecule has 0 aliphatic rings. The van der Waals surface area contributed by atoms with Crippen molar-refractivity contribution in [2.75, 3.05) is 5.73 Å². The van der Waals surface area contributed by atoms with Gasteiger partial charge in [-0.3, -0.25) is 14.2 Å². The van der Waals surface area contributed by atoms with Gasteiger partial charge in [0.05, 0.1) is 12.4 Å². The highest BCUT2D eigenvalue weighted by molar-refractivity contribution is 5.98. The van der Waals surface area contributed by atoms with Crippen molar-refractivity contribution in [1.29, 1.82) is 0 Å². The van der Waals surface area contributed by atoms with Gasteiger partial charge in [-0.15, -0.1) is 0 Å². The molecule has 2 heterocycles. The molecule has 17 heavy (non-hydrogen) atoms. The van der Waals surface area contributed by atoms with E-state index in [1.165, 1.54) is 10.9 Å². The summed E-state index contributed by atoms with van der Waals surface area (Å²) in [5.41, 5.74) is 7.02. The van der Waals surface area contributed by atoms with E-state index >= 15 is 0 Å². The maximum absolute atomic E-state index is 11.8. The highest BCUT2D eigenvalue weighted by Gasteiger charge is 2.13. The van der Waals surface area contributed by atoms with E-state index < -0.39 is 0 Å². The number of nitrogens with one attached hydrogen (secondary N) is 1. The van der Waals surface area contributed by atoms with Crippen LogP contribution in [0.15, 0.2) is 18.6 Å². The molecule has 3 N–H and O–H groups in total. The fourth-order valence-electron chi connectivity index (χ4n) is 1.46. The first-order valence-electron chi connectivity index (χ1n) is 5.11. The van der Waals surface area contributed by atoms with Crippen molar-refractivity contribution in [1.82, 2.24) is 24.9 Å². The number of hydrogen-bond donors (Lipinski definition) is 2. The Bertz CT molecular complexity index is 541. The van der Waals surface area contributed by atoms with Crippen molar-refractivity contribution in [3.8, 4) is 0 Å². The number of nitrogens with zero attached hydrogens (tertiary/aromatic N) is 4. The van der Waals surface area contributed by atoms with E-state index in [1.807, 2.05) is 13.2 Å². The van der Waals surface area contributed by atoms with Crippen molar-refractivity contribution in [3.05, 3.63) is 29.7 Å². The predicted octanol–water partition coefficient (Wildman–Crippen LogP) is -0.334. The van der Waals surface area contributed by atoms with Crippen LogP contribution in [0.2, 0.25) is 0 Å². The molecule has 2 rings (SSSR count). The number of aryl methyl sites for hydroxylation is 2. The van der Waals surface area contributed by atoms with E-state index in [0.29, 0.717) is 17.9 Å². The fourth-order valence-corrected chi connectivity index (χ4v) is 1.46. The van der Waals surface area contributed by atoms with E-state index in [1.54, 1.807) is 17.9 Å². The number of nitrogens with two attached hydrogens (primary N) is 1. The standard InChI is InChI=1S/C10H14N6O/c1-15-6-7(4-13-15)3-12-10(17)8-5-14-16(2)9(8)11/h4-6H,3,11H2,1-2H3,(H,12,17). The van der Waals surface area contributed by atoms with E-state index in [4.69, 9.17) is 5.73 Å². The van der Waals surface area contributed by atoms with Crippen LogP contribution in [0.25, 0.3) is 0 Å². The van der Waals surface area contributed by atoms with E-state index in [2.05, 4.69) is 15.5 Å². The number of nitrogen functional groups attached to an aromatic ring is 1. The van der Waals surface area contributed by atoms with Crippen LogP contribution in [-0.2, 0) is 20.6 Å². The van der Waals surface area contributed by atoms with Crippen molar-refractivity contribution in [2.24, 2.45) is 14.1 Å². The normalized spacial score (nSPS) is 10.5. The molecule has 0 bridgehead atoms. The summed E-state index contributed by atoms with van der Waals surface area (Å²) in [4.78, 5) is 11.8. The molecule has 0 unspecified atom stereocenters. The summed E-state index contributed by atoms with van der Waals surface area (Å²) in [6.45, 7) is 0.418. The Morgan fingerprint density at radius 2 is 2.18 bits per heavy atom. The van der Waals surface area contributed by atoms with Crippen molar-refractivity contribution in [2.45, 2.75) is 6.54 Å². The van der Waals surface area contributed by atoms with Gasteiger partial charge in [0, 0.05) is 32.4 Å². The molecule has 0 atom stereocenters. The second-order valence-corrected chi connectivity index (χ2v) is 3.77. The summed E-state index contributed by atoms with van der Waals surface area (Å²) in [5, 5.41) is 10.7. The lowest BCUT2D eigenvalue weighted by Gasteiger charge is -2.02. The van der Waals surface area contributed by atoms with Gasteiger partial charge in [-0.25, -0.2) is 0 Å². The molecule has 90 valence electrons. The molecule has 0 aliphatic carbocycles. The van der Waals surface area contributed by atoms with Crippen LogP contribution in [0, 0.1) is 0 Å². The Hall–Kier alpha value is -2.31. The number of amides is 1. The molecule has 2 aromatic heterocycles. The molecule has 0 aliphatic heterocycles. The zero-order valence-electron chi connectivity index (χ0n) is 9.71. The second kappa shape index (κ2) is 4.28. The highest BCUT2D eigenvalue weighted by atomic mass is 16.1. The zero-order chi connectivity index (χ0) is 12.4. The second-order valence-electron chi connectivity index (χ2n) is 3.77. The minimum Gasteiger partial charge on any atom is -0.383 e. The fraction of sp³-hybridized carbons (Fsp3) is 0.300. The average Bonchev–Trinajstić information content (AvgIpc) is 2.84. The molecule has 0 saturated heterocycles. The molecule has 1 amide bonds. The zero-order valence-corrected chi connectivity index (χ0v) is 9.71. The Labute approximate surface area is 98.2 Å². The topological polar surface area (TPSA) is 90.8 Å². The van der Waals surface area contributed by atoms with Crippen molar-refractivity contribution < 1.29 is 4.79 Å². The van der Waals surface area contributed by atoms with Crippen molar-refractivity contribution in [3.63, 3.8) is 0 Å². The third-order valence-electron chi connectivity index (χ3n) is 2.44. The molecule has 0 saturated carbocycles. The van der Waals surface area contributed by atoms with Crippen LogP contribution in [0.1, 0.15) is 15.9 Å². The number of carbonyl (C=O) groups is 1. The van der Waals surface area contributed by atoms with E-state index in [-0.39, 0.29) is 5.91 Å². The van der Waals surface area contributed by atoms with Gasteiger partial charge in [0.25, 0.3) is 5.91 Å². The lowest BCUT2D eigenvalue weighted by Crippen LogP contribution is -2.23. The number of carbonyl (C=O) groups excluding carboxylic acids is 1. The number of aromatic nitrogens is 4. The molecular formula is C10H14N6O. The maximum atomic E-state index is 11.8. The Morgan fingerprint density at radius 1 is 1.41 bits per heavy atom. The first-order chi connectivity index (χ1) is 8.08. The molecule has 0 radical (unpaired) electrons. The van der Waals surface area contributed by atoms with Gasteiger partial charge in [-0.05, 0) is 0 Å². The number of hydrogen-bond acceptors (Lipinski definition) is 4. The summed E-state index contributed by atoms with van der Waals surface area (Å²) >= 11 is 0. The predicted molar refractivity (Wildman–Crippen MR) is 62.0 cm³/mol. The van der Waals surface area contributed by atoms with Gasteiger partial charge in [-0.2, -0.15) is 10.2 Å². The monoisotopic (exact) mass is 234 g/mol. The van der Waals surface area contributed by atoms with Gasteiger partial charge in [0.1, 0.15) is 11.4 Å². The highest BCUT2D eigenvalue weighted by Crippen LogP contribution is 2.09. The van der Waals surface area contributed by atoms with Gasteiger partial charge < -0.3 is 11.1 Å². The molecule has 0 spiro atoms. The lowest BCUT2D eigenvalue weighted by molar-refractivity contribution is 0.0952. The smallest absolute Gasteiger partial charge is 0.256 e. The SMILES string of the molecule is Cn1cc(CNC(=O)c2cnn(C)c2N)cn1. The van der Waals surface area contributed by atoms with E-state index in [0.717, 1.165) is 5.56 Å². The molecular weight excluding hydrogens is 220 g/mol. The largest absolute Gasteiger partial charge is 0.383 e. The van der Waals surface area contributed by atoms with Crippen LogP contribution in [0.4, 0.5) is 5.82 Å². The minimum absolute atomic E-state index is 0.237. The van der Waals surface area contributed by atoms with Gasteiger partial charge >= 0.3 is 0 Å². The third kappa shape index (κ3) is 2.27. The van der Waals surface area contributed by atoms with Gasteiger partial charge in [0.15, 0.2) is 0 Å². The summed E-state index contributed by atoms with van der Waals surface area (Å²) in [5.74, 6) is 0.119. The summed E-state index contributed by atoms with van der Waals surface area (Å²) in [7, 11) is 3.51. The summed E-state index contributed by atoms with van der Waals surface area (Å²) < 4.78 is 3.14. The summed E-state index contributed by atoms with van der Waals surface area (Å²) in [6.07, 6.45) is 4.99. The van der Waals surface area contributed by atoms with Crippen molar-refractivity contribution >= 4 is 11.7 Å². The summed E-state index contributed by atoms with van der Waals surface area (Å²) in [6, 6.07) is 0. The first-order valence-corrected chi connectivity index (χ1v) is 5.11. The number of rotatable bonds is 3.